The summed E-state index contributed by atoms with van der Waals surface area (Å²) in [4.78, 5) is 16.2. The fourth-order valence-corrected chi connectivity index (χ4v) is 2.85. The van der Waals surface area contributed by atoms with E-state index in [0.717, 1.165) is 26.2 Å². The van der Waals surface area contributed by atoms with Crippen molar-refractivity contribution in [2.45, 2.75) is 26.4 Å². The summed E-state index contributed by atoms with van der Waals surface area (Å²) in [6.45, 7) is 8.69. The monoisotopic (exact) mass is 294 g/mol. The Bertz CT molecular complexity index is 508. The Morgan fingerprint density at radius 1 is 1.48 bits per heavy atom. The second-order valence-corrected chi connectivity index (χ2v) is 5.49. The molecule has 5 nitrogen and oxygen atoms in total. The number of halogens is 1. The molecular weight excluding hydrogens is 271 g/mol. The Kier molecular flexibility index (Phi) is 5.27. The van der Waals surface area contributed by atoms with Crippen molar-refractivity contribution in [2.75, 3.05) is 26.2 Å². The highest BCUT2D eigenvalue weighted by Gasteiger charge is 2.23. The molecule has 116 valence electrons. The van der Waals surface area contributed by atoms with Gasteiger partial charge < -0.3 is 0 Å². The van der Waals surface area contributed by atoms with E-state index >= 15 is 0 Å². The van der Waals surface area contributed by atoms with Crippen LogP contribution in [0.5, 0.6) is 0 Å². The first-order valence-corrected chi connectivity index (χ1v) is 7.31. The van der Waals surface area contributed by atoms with Crippen molar-refractivity contribution in [3.63, 3.8) is 0 Å². The first-order chi connectivity index (χ1) is 10.0. The molecule has 1 fully saturated rings. The number of amides is 1. The summed E-state index contributed by atoms with van der Waals surface area (Å²) in [5, 5.41) is 0. The number of nitrogens with one attached hydrogen (secondary N) is 1. The maximum Gasteiger partial charge on any atom is 0.265 e. The lowest BCUT2D eigenvalue weighted by molar-refractivity contribution is 0.0826. The van der Waals surface area contributed by atoms with Gasteiger partial charge in [0.2, 0.25) is 0 Å². The van der Waals surface area contributed by atoms with Gasteiger partial charge in [-0.2, -0.15) is 0 Å². The third kappa shape index (κ3) is 3.78. The van der Waals surface area contributed by atoms with Crippen molar-refractivity contribution < 1.29 is 9.18 Å². The Balaban J connectivity index is 2.07. The summed E-state index contributed by atoms with van der Waals surface area (Å²) in [5.74, 6) is 4.43. The molecule has 1 unspecified atom stereocenters. The molecule has 1 aliphatic rings. The molecule has 0 spiro atoms. The van der Waals surface area contributed by atoms with Crippen LogP contribution in [0.2, 0.25) is 0 Å². The number of piperazine rings is 1. The number of rotatable bonds is 4. The van der Waals surface area contributed by atoms with Gasteiger partial charge in [-0.25, -0.2) is 10.2 Å². The van der Waals surface area contributed by atoms with Crippen molar-refractivity contribution in [1.29, 1.82) is 0 Å². The van der Waals surface area contributed by atoms with Crippen molar-refractivity contribution in [3.05, 3.63) is 35.1 Å². The fraction of sp³-hybridized carbons (Fsp3) is 0.533. The van der Waals surface area contributed by atoms with Gasteiger partial charge in [-0.3, -0.25) is 20.0 Å². The van der Waals surface area contributed by atoms with Crippen molar-refractivity contribution in [2.24, 2.45) is 5.84 Å². The number of benzene rings is 1. The summed E-state index contributed by atoms with van der Waals surface area (Å²) in [6, 6.07) is 4.81. The van der Waals surface area contributed by atoms with E-state index < -0.39 is 5.91 Å². The predicted molar refractivity (Wildman–Crippen MR) is 80.0 cm³/mol. The van der Waals surface area contributed by atoms with Gasteiger partial charge in [0.25, 0.3) is 5.91 Å². The first-order valence-electron chi connectivity index (χ1n) is 7.31. The maximum absolute atomic E-state index is 13.9. The smallest absolute Gasteiger partial charge is 0.265 e. The maximum atomic E-state index is 13.9. The highest BCUT2D eigenvalue weighted by Crippen LogP contribution is 2.16. The molecule has 1 atom stereocenters. The second kappa shape index (κ2) is 6.98. The number of nitrogens with two attached hydrogens (primary N) is 1. The van der Waals surface area contributed by atoms with E-state index in [4.69, 9.17) is 5.84 Å². The second-order valence-electron chi connectivity index (χ2n) is 5.49. The normalized spacial score (nSPS) is 20.5. The van der Waals surface area contributed by atoms with Crippen LogP contribution in [0.25, 0.3) is 0 Å². The molecule has 1 saturated heterocycles. The van der Waals surface area contributed by atoms with Crippen LogP contribution >= 0.6 is 0 Å². The molecule has 3 N–H and O–H groups in total. The standard InChI is InChI=1S/C15H23FN4O/c1-3-20-7-6-19(9-11(20)2)10-13-8-12(15(21)18-17)4-5-14(13)16/h4-5,8,11H,3,6-7,9-10,17H2,1-2H3,(H,18,21). The number of hydrazine groups is 1. The quantitative estimate of drug-likeness (QED) is 0.493. The minimum atomic E-state index is -0.402. The summed E-state index contributed by atoms with van der Waals surface area (Å²) in [6.07, 6.45) is 0. The number of carbonyl (C=O) groups excluding carboxylic acids is 1. The number of carbonyl (C=O) groups is 1. The lowest BCUT2D eigenvalue weighted by Crippen LogP contribution is -2.51. The highest BCUT2D eigenvalue weighted by molar-refractivity contribution is 5.93. The molecule has 0 radical (unpaired) electrons. The molecular formula is C15H23FN4O. The van der Waals surface area contributed by atoms with E-state index in [1.165, 1.54) is 12.1 Å². The number of hydrogen-bond donors (Lipinski definition) is 2. The van der Waals surface area contributed by atoms with Gasteiger partial charge in [-0.1, -0.05) is 6.92 Å². The minimum absolute atomic E-state index is 0.283. The van der Waals surface area contributed by atoms with Gasteiger partial charge >= 0.3 is 0 Å². The topological polar surface area (TPSA) is 61.6 Å². The zero-order chi connectivity index (χ0) is 15.4. The third-order valence-corrected chi connectivity index (χ3v) is 4.09. The van der Waals surface area contributed by atoms with Gasteiger partial charge in [0, 0.05) is 43.3 Å². The number of nitrogens with zero attached hydrogens (tertiary/aromatic N) is 2. The van der Waals surface area contributed by atoms with E-state index in [1.54, 1.807) is 6.07 Å². The third-order valence-electron chi connectivity index (χ3n) is 4.09. The predicted octanol–water partition coefficient (Wildman–Crippen LogP) is 0.955. The Morgan fingerprint density at radius 2 is 2.24 bits per heavy atom. The van der Waals surface area contributed by atoms with Crippen LogP contribution in [0.4, 0.5) is 4.39 Å². The van der Waals surface area contributed by atoms with Gasteiger partial charge in [-0.15, -0.1) is 0 Å². The lowest BCUT2D eigenvalue weighted by Gasteiger charge is -2.39. The first kappa shape index (κ1) is 15.9. The number of likely N-dealkylation sites (N-methyl/N-ethyl adjacent to an activating group) is 1. The molecule has 21 heavy (non-hydrogen) atoms. The van der Waals surface area contributed by atoms with E-state index in [1.807, 2.05) is 0 Å². The van der Waals surface area contributed by atoms with Crippen LogP contribution in [0, 0.1) is 5.82 Å². The Hall–Kier alpha value is -1.50. The van der Waals surface area contributed by atoms with Gasteiger partial charge in [-0.05, 0) is 31.7 Å². The van der Waals surface area contributed by atoms with Crippen molar-refractivity contribution in [1.82, 2.24) is 15.2 Å². The zero-order valence-electron chi connectivity index (χ0n) is 12.6. The van der Waals surface area contributed by atoms with Gasteiger partial charge in [0.05, 0.1) is 0 Å². The Labute approximate surface area is 124 Å². The summed E-state index contributed by atoms with van der Waals surface area (Å²) in [5.41, 5.74) is 2.99. The molecule has 1 aliphatic heterocycles. The summed E-state index contributed by atoms with van der Waals surface area (Å²) < 4.78 is 13.9. The van der Waals surface area contributed by atoms with E-state index in [0.29, 0.717) is 23.7 Å². The van der Waals surface area contributed by atoms with Crippen LogP contribution in [-0.4, -0.2) is 47.9 Å². The largest absolute Gasteiger partial charge is 0.298 e. The Morgan fingerprint density at radius 3 is 2.86 bits per heavy atom. The van der Waals surface area contributed by atoms with Crippen LogP contribution in [0.3, 0.4) is 0 Å². The number of hydrogen-bond acceptors (Lipinski definition) is 4. The van der Waals surface area contributed by atoms with Crippen LogP contribution in [0.15, 0.2) is 18.2 Å². The summed E-state index contributed by atoms with van der Waals surface area (Å²) in [7, 11) is 0. The van der Waals surface area contributed by atoms with Gasteiger partial charge in [0.15, 0.2) is 0 Å². The average Bonchev–Trinajstić information content (AvgIpc) is 2.49. The van der Waals surface area contributed by atoms with E-state index in [2.05, 4.69) is 29.1 Å². The van der Waals surface area contributed by atoms with Crippen molar-refractivity contribution >= 4 is 5.91 Å². The van der Waals surface area contributed by atoms with Gasteiger partial charge in [0.1, 0.15) is 5.82 Å². The van der Waals surface area contributed by atoms with Crippen LogP contribution in [0.1, 0.15) is 29.8 Å². The highest BCUT2D eigenvalue weighted by atomic mass is 19.1. The molecule has 6 heteroatoms. The lowest BCUT2D eigenvalue weighted by atomic mass is 10.1. The molecule has 1 amide bonds. The minimum Gasteiger partial charge on any atom is -0.298 e. The zero-order valence-corrected chi connectivity index (χ0v) is 12.6. The molecule has 1 aromatic rings. The molecule has 1 heterocycles. The van der Waals surface area contributed by atoms with Crippen LogP contribution in [-0.2, 0) is 6.54 Å². The van der Waals surface area contributed by atoms with Crippen LogP contribution < -0.4 is 11.3 Å². The molecule has 0 bridgehead atoms. The molecule has 2 rings (SSSR count). The fourth-order valence-electron chi connectivity index (χ4n) is 2.85. The molecule has 0 saturated carbocycles. The average molecular weight is 294 g/mol. The molecule has 1 aromatic carbocycles. The molecule has 0 aromatic heterocycles. The van der Waals surface area contributed by atoms with E-state index in [-0.39, 0.29) is 5.82 Å². The SMILES string of the molecule is CCN1CCN(Cc2cc(C(=O)NN)ccc2F)CC1C. The summed E-state index contributed by atoms with van der Waals surface area (Å²) >= 11 is 0. The molecule has 0 aliphatic carbocycles. The van der Waals surface area contributed by atoms with E-state index in [9.17, 15) is 9.18 Å². The number of nitrogen functional groups attached to an aromatic ring is 1. The van der Waals surface area contributed by atoms with Crippen molar-refractivity contribution in [3.8, 4) is 0 Å².